The monoisotopic (exact) mass is 528 g/mol. The molecule has 0 unspecified atom stereocenters. The van der Waals surface area contributed by atoms with Gasteiger partial charge in [0.1, 0.15) is 11.6 Å². The zero-order valence-corrected chi connectivity index (χ0v) is 20.0. The van der Waals surface area contributed by atoms with Gasteiger partial charge in [-0.1, -0.05) is 6.07 Å². The van der Waals surface area contributed by atoms with E-state index in [4.69, 9.17) is 4.74 Å². The topological polar surface area (TPSA) is 74.8 Å². The number of aliphatic imine (C=N–C) groups is 1. The Morgan fingerprint density at radius 3 is 2.40 bits per heavy atom. The van der Waals surface area contributed by atoms with Gasteiger partial charge in [0.2, 0.25) is 0 Å². The number of guanidine groups is 1. The maximum atomic E-state index is 13.2. The number of hydrogen-bond acceptors (Lipinski definition) is 3. The van der Waals surface area contributed by atoms with Crippen LogP contribution in [0.1, 0.15) is 28.4 Å². The Kier molecular flexibility index (Phi) is 11.8. The minimum atomic E-state index is -0.221. The molecule has 8 heteroatoms. The number of amides is 1. The van der Waals surface area contributed by atoms with Crippen molar-refractivity contribution in [2.24, 2.45) is 4.99 Å². The molecule has 0 aliphatic rings. The molecule has 0 atom stereocenters. The molecule has 0 aliphatic carbocycles. The molecule has 0 heterocycles. The first-order chi connectivity index (χ1) is 14.0. The first kappa shape index (κ1) is 25.7. The fourth-order valence-electron chi connectivity index (χ4n) is 2.77. The second kappa shape index (κ2) is 13.8. The van der Waals surface area contributed by atoms with Crippen LogP contribution in [0.25, 0.3) is 0 Å². The Labute approximate surface area is 194 Å². The molecular weight excluding hydrogens is 498 g/mol. The van der Waals surface area contributed by atoms with Crippen molar-refractivity contribution in [2.75, 3.05) is 33.3 Å². The summed E-state index contributed by atoms with van der Waals surface area (Å²) >= 11 is 0. The molecule has 30 heavy (non-hydrogen) atoms. The fraction of sp³-hybridized carbons (Fsp3) is 0.364. The van der Waals surface area contributed by atoms with Gasteiger partial charge in [-0.2, -0.15) is 0 Å². The van der Waals surface area contributed by atoms with Crippen LogP contribution >= 0.6 is 24.0 Å². The third-order valence-electron chi connectivity index (χ3n) is 4.36. The SMILES string of the molecule is CCNC(=NCCc1ccc(F)cc1C)NCCNC(=O)c1ccc(OC)cc1.I. The number of halogens is 2. The van der Waals surface area contributed by atoms with Crippen LogP contribution in [-0.2, 0) is 6.42 Å². The van der Waals surface area contributed by atoms with E-state index < -0.39 is 0 Å². The smallest absolute Gasteiger partial charge is 0.251 e. The summed E-state index contributed by atoms with van der Waals surface area (Å²) in [5.41, 5.74) is 2.60. The van der Waals surface area contributed by atoms with E-state index in [2.05, 4.69) is 20.9 Å². The van der Waals surface area contributed by atoms with Crippen molar-refractivity contribution < 1.29 is 13.9 Å². The van der Waals surface area contributed by atoms with Gasteiger partial charge in [0, 0.05) is 31.7 Å². The highest BCUT2D eigenvalue weighted by atomic mass is 127. The molecule has 6 nitrogen and oxygen atoms in total. The average molecular weight is 528 g/mol. The summed E-state index contributed by atoms with van der Waals surface area (Å²) in [5, 5.41) is 9.25. The number of nitrogens with one attached hydrogen (secondary N) is 3. The highest BCUT2D eigenvalue weighted by Crippen LogP contribution is 2.11. The summed E-state index contributed by atoms with van der Waals surface area (Å²) in [6.45, 7) is 6.22. The molecule has 0 radical (unpaired) electrons. The lowest BCUT2D eigenvalue weighted by molar-refractivity contribution is 0.0954. The van der Waals surface area contributed by atoms with E-state index in [1.165, 1.54) is 12.1 Å². The Morgan fingerprint density at radius 1 is 1.07 bits per heavy atom. The van der Waals surface area contributed by atoms with E-state index in [9.17, 15) is 9.18 Å². The molecule has 2 rings (SSSR count). The molecule has 2 aromatic carbocycles. The van der Waals surface area contributed by atoms with E-state index in [1.54, 1.807) is 37.4 Å². The second-order valence-corrected chi connectivity index (χ2v) is 6.49. The number of methoxy groups -OCH3 is 1. The van der Waals surface area contributed by atoms with Gasteiger partial charge in [-0.3, -0.25) is 9.79 Å². The molecule has 164 valence electrons. The molecule has 0 aliphatic heterocycles. The molecule has 0 bridgehead atoms. The lowest BCUT2D eigenvalue weighted by Crippen LogP contribution is -2.41. The summed E-state index contributed by atoms with van der Waals surface area (Å²) in [5.74, 6) is 1.04. The van der Waals surface area contributed by atoms with Crippen LogP contribution < -0.4 is 20.7 Å². The van der Waals surface area contributed by atoms with Crippen LogP contribution in [0.15, 0.2) is 47.5 Å². The summed E-state index contributed by atoms with van der Waals surface area (Å²) in [6, 6.07) is 11.8. The second-order valence-electron chi connectivity index (χ2n) is 6.49. The largest absolute Gasteiger partial charge is 0.497 e. The predicted molar refractivity (Wildman–Crippen MR) is 130 cm³/mol. The molecule has 0 saturated carbocycles. The van der Waals surface area contributed by atoms with Crippen molar-refractivity contribution in [1.82, 2.24) is 16.0 Å². The van der Waals surface area contributed by atoms with Crippen molar-refractivity contribution in [3.05, 3.63) is 65.0 Å². The van der Waals surface area contributed by atoms with Crippen molar-refractivity contribution >= 4 is 35.8 Å². The molecule has 3 N–H and O–H groups in total. The number of ether oxygens (including phenoxy) is 1. The molecular formula is C22H30FIN4O2. The quantitative estimate of drug-likeness (QED) is 0.202. The number of carbonyl (C=O) groups is 1. The number of nitrogens with zero attached hydrogens (tertiary/aromatic N) is 1. The third kappa shape index (κ3) is 8.56. The lowest BCUT2D eigenvalue weighted by Gasteiger charge is -2.12. The summed E-state index contributed by atoms with van der Waals surface area (Å²) in [4.78, 5) is 16.7. The average Bonchev–Trinajstić information content (AvgIpc) is 2.72. The predicted octanol–water partition coefficient (Wildman–Crippen LogP) is 3.29. The Balaban J connectivity index is 0.00000450. The van der Waals surface area contributed by atoms with E-state index in [1.807, 2.05) is 13.8 Å². The van der Waals surface area contributed by atoms with Crippen LogP contribution in [0.3, 0.4) is 0 Å². The minimum absolute atomic E-state index is 0. The van der Waals surface area contributed by atoms with Crippen LogP contribution in [0, 0.1) is 12.7 Å². The molecule has 1 amide bonds. The Morgan fingerprint density at radius 2 is 1.77 bits per heavy atom. The highest BCUT2D eigenvalue weighted by Gasteiger charge is 2.05. The Hall–Kier alpha value is -2.36. The number of hydrogen-bond donors (Lipinski definition) is 3. The van der Waals surface area contributed by atoms with Crippen molar-refractivity contribution in [1.29, 1.82) is 0 Å². The van der Waals surface area contributed by atoms with Gasteiger partial charge in [-0.25, -0.2) is 4.39 Å². The van der Waals surface area contributed by atoms with Gasteiger partial charge < -0.3 is 20.7 Å². The van der Waals surface area contributed by atoms with E-state index >= 15 is 0 Å². The molecule has 2 aromatic rings. The number of aryl methyl sites for hydroxylation is 1. The highest BCUT2D eigenvalue weighted by molar-refractivity contribution is 14.0. The van der Waals surface area contributed by atoms with Crippen LogP contribution in [0.4, 0.5) is 4.39 Å². The van der Waals surface area contributed by atoms with Gasteiger partial charge >= 0.3 is 0 Å². The van der Waals surface area contributed by atoms with Crippen LogP contribution in [-0.4, -0.2) is 45.2 Å². The first-order valence-electron chi connectivity index (χ1n) is 9.73. The first-order valence-corrected chi connectivity index (χ1v) is 9.73. The van der Waals surface area contributed by atoms with Crippen molar-refractivity contribution in [3.63, 3.8) is 0 Å². The zero-order valence-electron chi connectivity index (χ0n) is 17.6. The molecule has 0 aromatic heterocycles. The molecule has 0 saturated heterocycles. The van der Waals surface area contributed by atoms with E-state index in [0.717, 1.165) is 24.1 Å². The lowest BCUT2D eigenvalue weighted by atomic mass is 10.1. The normalized spacial score (nSPS) is 10.7. The van der Waals surface area contributed by atoms with Gasteiger partial charge in [0.25, 0.3) is 5.91 Å². The maximum Gasteiger partial charge on any atom is 0.251 e. The summed E-state index contributed by atoms with van der Waals surface area (Å²) < 4.78 is 18.3. The van der Waals surface area contributed by atoms with Gasteiger partial charge in [0.05, 0.1) is 7.11 Å². The van der Waals surface area contributed by atoms with E-state index in [0.29, 0.717) is 36.9 Å². The summed E-state index contributed by atoms with van der Waals surface area (Å²) in [6.07, 6.45) is 0.733. The maximum absolute atomic E-state index is 13.2. The van der Waals surface area contributed by atoms with Crippen LogP contribution in [0.5, 0.6) is 5.75 Å². The number of carbonyl (C=O) groups excluding carboxylic acids is 1. The number of rotatable bonds is 9. The van der Waals surface area contributed by atoms with Crippen molar-refractivity contribution in [3.8, 4) is 5.75 Å². The molecule has 0 spiro atoms. The minimum Gasteiger partial charge on any atom is -0.497 e. The zero-order chi connectivity index (χ0) is 21.1. The molecule has 0 fully saturated rings. The van der Waals surface area contributed by atoms with Crippen molar-refractivity contribution in [2.45, 2.75) is 20.3 Å². The fourth-order valence-corrected chi connectivity index (χ4v) is 2.77. The number of benzene rings is 2. The third-order valence-corrected chi connectivity index (χ3v) is 4.36. The Bertz CT molecular complexity index is 828. The van der Waals surface area contributed by atoms with Gasteiger partial charge in [-0.15, -0.1) is 24.0 Å². The van der Waals surface area contributed by atoms with Crippen LogP contribution in [0.2, 0.25) is 0 Å². The standard InChI is InChI=1S/C22H29FN4O2.HI/c1-4-24-22(26-12-11-17-5-8-19(23)15-16(17)2)27-14-13-25-21(28)18-6-9-20(29-3)10-7-18;/h5-10,15H,4,11-14H2,1-3H3,(H,25,28)(H2,24,26,27);1H. The van der Waals surface area contributed by atoms with E-state index in [-0.39, 0.29) is 35.7 Å². The van der Waals surface area contributed by atoms with Gasteiger partial charge in [-0.05, 0) is 67.8 Å². The summed E-state index contributed by atoms with van der Waals surface area (Å²) in [7, 11) is 1.59. The van der Waals surface area contributed by atoms with Gasteiger partial charge in [0.15, 0.2) is 5.96 Å².